The van der Waals surface area contributed by atoms with Gasteiger partial charge in [0, 0.05) is 26.2 Å². The molecule has 0 fully saturated rings. The molecule has 4 aliphatic carbocycles. The number of benzene rings is 4. The van der Waals surface area contributed by atoms with Crippen LogP contribution in [0.2, 0.25) is 0 Å². The van der Waals surface area contributed by atoms with Crippen molar-refractivity contribution in [3.63, 3.8) is 0 Å². The Kier molecular flexibility index (Phi) is 8.68. The van der Waals surface area contributed by atoms with Crippen molar-refractivity contribution in [1.29, 1.82) is 0 Å². The minimum atomic E-state index is -1.24. The number of hydrogen-bond donors (Lipinski definition) is 0. The molecule has 0 nitrogen and oxygen atoms in total. The van der Waals surface area contributed by atoms with E-state index in [4.69, 9.17) is 23.2 Å². The van der Waals surface area contributed by atoms with E-state index in [0.29, 0.717) is 0 Å². The maximum Gasteiger partial charge on any atom is 0.0923 e. The van der Waals surface area contributed by atoms with Crippen LogP contribution in [0.25, 0.3) is 33.4 Å². The molecule has 0 spiro atoms. The van der Waals surface area contributed by atoms with Gasteiger partial charge in [0.05, 0.1) is 18.5 Å². The number of alkyl halides is 2. The molecule has 4 aliphatic rings. The van der Waals surface area contributed by atoms with E-state index in [9.17, 15) is 0 Å². The minimum absolute atomic E-state index is 0. The van der Waals surface area contributed by atoms with E-state index in [1.807, 2.05) is 0 Å². The minimum Gasteiger partial charge on any atom is -0.114 e. The number of hydrogen-bond acceptors (Lipinski definition) is 0. The third-order valence-corrected chi connectivity index (χ3v) is 16.8. The van der Waals surface area contributed by atoms with Gasteiger partial charge in [-0.05, 0) is 183 Å². The Hall–Kier alpha value is -1.96. The van der Waals surface area contributed by atoms with Crippen molar-refractivity contribution in [2.75, 3.05) is 0 Å². The Morgan fingerprint density at radius 2 is 0.833 bits per heavy atom. The maximum atomic E-state index is 8.23. The molecule has 0 heterocycles. The van der Waals surface area contributed by atoms with E-state index in [-0.39, 0.29) is 26.2 Å². The Morgan fingerprint density at radius 3 is 1.19 bits per heavy atom. The quantitative estimate of drug-likeness (QED) is 0.143. The van der Waals surface area contributed by atoms with Gasteiger partial charge in [-0.25, -0.2) is 0 Å². The zero-order valence-corrected chi connectivity index (χ0v) is 35.2. The van der Waals surface area contributed by atoms with Gasteiger partial charge in [0.2, 0.25) is 0 Å². The van der Waals surface area contributed by atoms with E-state index in [0.717, 1.165) is 25.7 Å². The molecule has 0 N–H and O–H groups in total. The third kappa shape index (κ3) is 4.98. The van der Waals surface area contributed by atoms with Crippen LogP contribution in [-0.2, 0) is 60.9 Å². The molecule has 4 heteroatoms. The van der Waals surface area contributed by atoms with Gasteiger partial charge < -0.3 is 0 Å². The molecule has 0 radical (unpaired) electrons. The summed E-state index contributed by atoms with van der Waals surface area (Å²) in [5.74, 6) is 0. The second-order valence-electron chi connectivity index (χ2n) is 15.4. The van der Waals surface area contributed by atoms with Gasteiger partial charge in [0.1, 0.15) is 0 Å². The van der Waals surface area contributed by atoms with Gasteiger partial charge >= 0.3 is 0 Å². The third-order valence-electron chi connectivity index (χ3n) is 12.2. The van der Waals surface area contributed by atoms with Crippen molar-refractivity contribution in [2.45, 2.75) is 103 Å². The van der Waals surface area contributed by atoms with Crippen molar-refractivity contribution in [1.82, 2.24) is 0 Å². The smallest absolute Gasteiger partial charge is 0.0923 e. The topological polar surface area (TPSA) is 0 Å². The zero-order chi connectivity index (χ0) is 33.2. The summed E-state index contributed by atoms with van der Waals surface area (Å²) < 4.78 is -1.12. The molecular formula is C44H46Cl2SiZr. The van der Waals surface area contributed by atoms with E-state index in [1.165, 1.54) is 124 Å². The first-order valence-corrected chi connectivity index (χ1v) is 19.8. The van der Waals surface area contributed by atoms with Crippen LogP contribution in [-0.4, -0.2) is 9.52 Å². The molecule has 0 aliphatic heterocycles. The molecule has 244 valence electrons. The van der Waals surface area contributed by atoms with Gasteiger partial charge in [0.15, 0.2) is 0 Å². The average Bonchev–Trinajstić information content (AvgIpc) is 3.76. The summed E-state index contributed by atoms with van der Waals surface area (Å²) in [4.78, 5) is 0. The molecule has 0 saturated carbocycles. The van der Waals surface area contributed by atoms with Crippen LogP contribution < -0.4 is 0 Å². The van der Waals surface area contributed by atoms with Crippen LogP contribution in [0, 0.1) is 27.7 Å². The molecule has 0 amide bonds. The SMILES string of the molecule is CC1=C(C)C(Cl)([SiH2]C2(Cl)C(C)=C(C)c3c2cc2c(c3-c3cc(C)cc(C)c3)CCC2)c2cc3c(c(-c4cc(C)cc(C)c4)c21)CCC3.[Zr]. The van der Waals surface area contributed by atoms with Crippen molar-refractivity contribution < 1.29 is 26.2 Å². The zero-order valence-electron chi connectivity index (χ0n) is 29.8. The second-order valence-corrected chi connectivity index (χ2v) is 20.0. The van der Waals surface area contributed by atoms with Gasteiger partial charge in [0.25, 0.3) is 0 Å². The molecular weight excluding hydrogens is 719 g/mol. The summed E-state index contributed by atoms with van der Waals surface area (Å²) in [6.45, 7) is 18.1. The van der Waals surface area contributed by atoms with Crippen molar-refractivity contribution in [3.8, 4) is 22.3 Å². The monoisotopic (exact) mass is 762 g/mol. The largest absolute Gasteiger partial charge is 0.114 e. The second kappa shape index (κ2) is 12.1. The number of rotatable bonds is 4. The summed E-state index contributed by atoms with van der Waals surface area (Å²) in [6.07, 6.45) is 6.97. The maximum absolute atomic E-state index is 8.23. The first kappa shape index (κ1) is 34.5. The standard InChI is InChI=1S/C44H46Cl2Si.Zr/c1-23-15-24(2)18-33(17-23)41-35-13-9-11-31(35)21-37-39(41)27(5)29(7)43(37,45)47-44(46)30(8)28(6)40-38(44)22-32-12-10-14-36(32)42(40)34-19-25(3)16-26(4)20-34;/h15-22H,9-14,47H2,1-8H3;. The van der Waals surface area contributed by atoms with Crippen LogP contribution in [0.15, 0.2) is 59.7 Å². The van der Waals surface area contributed by atoms with Gasteiger partial charge in [-0.1, -0.05) is 70.8 Å². The average molecular weight is 765 g/mol. The molecule has 4 aromatic carbocycles. The van der Waals surface area contributed by atoms with Crippen molar-refractivity contribution in [2.24, 2.45) is 0 Å². The Balaban J connectivity index is 0.00000364. The van der Waals surface area contributed by atoms with Crippen LogP contribution in [0.4, 0.5) is 0 Å². The number of allylic oxidation sites excluding steroid dienone is 4. The first-order valence-electron chi connectivity index (χ1n) is 17.6. The molecule has 2 unspecified atom stereocenters. The fourth-order valence-electron chi connectivity index (χ4n) is 9.93. The fourth-order valence-corrected chi connectivity index (χ4v) is 14.6. The summed E-state index contributed by atoms with van der Waals surface area (Å²) in [5.41, 5.74) is 27.6. The van der Waals surface area contributed by atoms with Crippen LogP contribution in [0.5, 0.6) is 0 Å². The predicted octanol–water partition coefficient (Wildman–Crippen LogP) is 11.5. The van der Waals surface area contributed by atoms with Gasteiger partial charge in [-0.2, -0.15) is 0 Å². The number of fused-ring (bicyclic) bond motifs is 4. The van der Waals surface area contributed by atoms with Crippen LogP contribution in [0.3, 0.4) is 0 Å². The van der Waals surface area contributed by atoms with E-state index < -0.39 is 18.5 Å². The van der Waals surface area contributed by atoms with Crippen molar-refractivity contribution >= 4 is 43.9 Å². The Labute approximate surface area is 319 Å². The first-order chi connectivity index (χ1) is 22.3. The fraction of sp³-hybridized carbons (Fsp3) is 0.364. The summed E-state index contributed by atoms with van der Waals surface area (Å²) in [6, 6.07) is 19.1. The summed E-state index contributed by atoms with van der Waals surface area (Å²) in [7, 11) is -1.24. The van der Waals surface area contributed by atoms with Gasteiger partial charge in [-0.15, -0.1) is 23.2 Å². The van der Waals surface area contributed by atoms with Gasteiger partial charge in [-0.3, -0.25) is 0 Å². The molecule has 0 bridgehead atoms. The normalized spacial score (nSPS) is 22.5. The molecule has 2 atom stereocenters. The van der Waals surface area contributed by atoms with Crippen LogP contribution in [0.1, 0.15) is 107 Å². The molecule has 4 aromatic rings. The summed E-state index contributed by atoms with van der Waals surface area (Å²) >= 11 is 16.5. The van der Waals surface area contributed by atoms with Crippen molar-refractivity contribution in [3.05, 3.63) is 126 Å². The van der Waals surface area contributed by atoms with E-state index >= 15 is 0 Å². The Bertz CT molecular complexity index is 1940. The van der Waals surface area contributed by atoms with E-state index in [1.54, 1.807) is 0 Å². The molecule has 48 heavy (non-hydrogen) atoms. The number of aryl methyl sites for hydroxylation is 6. The number of halogens is 2. The van der Waals surface area contributed by atoms with Crippen LogP contribution >= 0.6 is 23.2 Å². The molecule has 8 rings (SSSR count). The summed E-state index contributed by atoms with van der Waals surface area (Å²) in [5, 5.41) is 0. The predicted molar refractivity (Wildman–Crippen MR) is 207 cm³/mol. The van der Waals surface area contributed by atoms with E-state index in [2.05, 4.69) is 104 Å². The molecule has 0 saturated heterocycles. The Morgan fingerprint density at radius 1 is 0.479 bits per heavy atom. The molecule has 0 aromatic heterocycles.